The molecule has 1 fully saturated rings. The van der Waals surface area contributed by atoms with Crippen LogP contribution in [0.3, 0.4) is 0 Å². The van der Waals surface area contributed by atoms with E-state index < -0.39 is 5.97 Å². The maximum atomic E-state index is 14.6. The van der Waals surface area contributed by atoms with Crippen molar-refractivity contribution in [1.82, 2.24) is 30.2 Å². The molecule has 4 aromatic rings. The van der Waals surface area contributed by atoms with Crippen molar-refractivity contribution in [3.8, 4) is 5.88 Å². The number of amides is 3. The number of carboxylic acid groups (broad SMARTS) is 1. The number of thioether (sulfide) groups is 2. The van der Waals surface area contributed by atoms with Crippen LogP contribution in [0, 0.1) is 5.82 Å². The Bertz CT molecular complexity index is 1990. The van der Waals surface area contributed by atoms with Crippen LogP contribution in [-0.2, 0) is 16.0 Å². The van der Waals surface area contributed by atoms with Gasteiger partial charge in [0.1, 0.15) is 23.1 Å². The van der Waals surface area contributed by atoms with Gasteiger partial charge in [-0.25, -0.2) is 24.1 Å². The van der Waals surface area contributed by atoms with E-state index in [1.54, 1.807) is 24.3 Å². The largest absolute Gasteiger partial charge is 0.481 e. The topological polar surface area (TPSA) is 189 Å². The highest BCUT2D eigenvalue weighted by molar-refractivity contribution is 8.00. The van der Waals surface area contributed by atoms with Gasteiger partial charge >= 0.3 is 5.97 Å². The van der Waals surface area contributed by atoms with Gasteiger partial charge in [0.2, 0.25) is 17.7 Å². The number of carboxylic acids is 1. The zero-order chi connectivity index (χ0) is 35.4. The molecule has 0 unspecified atom stereocenters. The van der Waals surface area contributed by atoms with Gasteiger partial charge in [0.05, 0.1) is 45.6 Å². The number of aromatic carboxylic acids is 1. The minimum atomic E-state index is -1.10. The van der Waals surface area contributed by atoms with Crippen LogP contribution in [0.25, 0.3) is 11.0 Å². The summed E-state index contributed by atoms with van der Waals surface area (Å²) in [4.78, 5) is 66.8. The Kier molecular flexibility index (Phi) is 10.4. The average molecular weight is 721 g/mol. The number of pyridine rings is 4. The highest BCUT2D eigenvalue weighted by Gasteiger charge is 2.32. The molecule has 4 N–H and O–H groups in total. The Morgan fingerprint density at radius 2 is 1.58 bits per heavy atom. The molecule has 0 spiro atoms. The highest BCUT2D eigenvalue weighted by atomic mass is 32.2. The Morgan fingerprint density at radius 3 is 2.20 bits per heavy atom. The molecule has 17 heteroatoms. The van der Waals surface area contributed by atoms with Crippen LogP contribution in [0.5, 0.6) is 5.88 Å². The van der Waals surface area contributed by atoms with Crippen LogP contribution in [0.2, 0.25) is 0 Å². The Morgan fingerprint density at radius 1 is 0.960 bits per heavy atom. The summed E-state index contributed by atoms with van der Waals surface area (Å²) in [6.07, 6.45) is 3.24. The number of rotatable bonds is 7. The van der Waals surface area contributed by atoms with Crippen LogP contribution in [0.1, 0.15) is 46.3 Å². The number of nitrogens with one attached hydrogen (secondary N) is 3. The number of methoxy groups -OCH3 is 1. The maximum absolute atomic E-state index is 14.6. The quantitative estimate of drug-likeness (QED) is 0.216. The van der Waals surface area contributed by atoms with Gasteiger partial charge in [-0.1, -0.05) is 0 Å². The van der Waals surface area contributed by atoms with Crippen LogP contribution >= 0.6 is 23.5 Å². The van der Waals surface area contributed by atoms with E-state index in [-0.39, 0.29) is 40.5 Å². The molecule has 0 aromatic carbocycles. The summed E-state index contributed by atoms with van der Waals surface area (Å²) in [5, 5.41) is 17.0. The van der Waals surface area contributed by atoms with Crippen LogP contribution in [0.15, 0.2) is 52.4 Å². The van der Waals surface area contributed by atoms with Gasteiger partial charge in [-0.2, -0.15) is 0 Å². The molecule has 7 rings (SSSR count). The summed E-state index contributed by atoms with van der Waals surface area (Å²) in [6, 6.07) is 10.1. The number of halogens is 1. The summed E-state index contributed by atoms with van der Waals surface area (Å²) in [5.41, 5.74) is 1.52. The molecule has 4 aromatic heterocycles. The van der Waals surface area contributed by atoms with Crippen molar-refractivity contribution in [2.24, 2.45) is 0 Å². The third-order valence-corrected chi connectivity index (χ3v) is 10.5. The molecule has 50 heavy (non-hydrogen) atoms. The van der Waals surface area contributed by atoms with Crippen LogP contribution in [-0.4, -0.2) is 97.4 Å². The molecule has 3 amide bonds. The first-order valence-corrected chi connectivity index (χ1v) is 17.6. The van der Waals surface area contributed by atoms with Crippen LogP contribution in [0.4, 0.5) is 16.0 Å². The van der Waals surface area contributed by atoms with E-state index in [4.69, 9.17) is 9.84 Å². The predicted octanol–water partition coefficient (Wildman–Crippen LogP) is 3.87. The van der Waals surface area contributed by atoms with Crippen LogP contribution < -0.4 is 20.7 Å². The lowest BCUT2D eigenvalue weighted by Gasteiger charge is -2.40. The highest BCUT2D eigenvalue weighted by Crippen LogP contribution is 2.31. The fraction of sp³-hybridized carbons (Fsp3) is 0.333. The van der Waals surface area contributed by atoms with E-state index in [0.717, 1.165) is 35.7 Å². The lowest BCUT2D eigenvalue weighted by Crippen LogP contribution is -2.53. The van der Waals surface area contributed by atoms with Gasteiger partial charge in [0, 0.05) is 36.8 Å². The number of hydrogen-bond donors (Lipinski definition) is 4. The second-order valence-electron chi connectivity index (χ2n) is 12.0. The van der Waals surface area contributed by atoms with Crippen molar-refractivity contribution in [1.29, 1.82) is 0 Å². The van der Waals surface area contributed by atoms with Crippen molar-refractivity contribution < 1.29 is 33.4 Å². The number of ether oxygens (including phenoxy) is 1. The molecule has 0 saturated carbocycles. The summed E-state index contributed by atoms with van der Waals surface area (Å²) in [7, 11) is 1.53. The number of carbonyl (C=O) groups is 4. The molecular weight excluding hydrogens is 688 g/mol. The zero-order valence-electron chi connectivity index (χ0n) is 27.1. The molecule has 0 atom stereocenters. The summed E-state index contributed by atoms with van der Waals surface area (Å²) in [6.45, 7) is 4.23. The molecular formula is C33H33FN8O6S2. The predicted molar refractivity (Wildman–Crippen MR) is 185 cm³/mol. The standard InChI is InChI=1S/C25H27FN6O3S.C8H6N2O3S/c1-25(31-24(34)18-3-5-19-23(28-18)29-20(33)14-36-19)8-11-32(12-9-25)10-7-15-16(26)13-27-17-4-6-21(35-2)30-22(15)17;11-6-3-14-5-2-1-4(8(12)13)9-7(5)10-6/h3-6,13H,7-12,14H2,1-2H3,(H,31,34)(H,28,29,33);1-2H,3H2,(H,12,13)(H,9,10,11). The average Bonchev–Trinajstić information content (AvgIpc) is 3.11. The van der Waals surface area contributed by atoms with E-state index in [2.05, 4.69) is 40.8 Å². The molecule has 0 radical (unpaired) electrons. The zero-order valence-corrected chi connectivity index (χ0v) is 28.8. The molecule has 0 bridgehead atoms. The van der Waals surface area contributed by atoms with Crippen molar-refractivity contribution in [2.75, 3.05) is 48.9 Å². The Hall–Kier alpha value is -4.87. The number of hydrogen-bond acceptors (Lipinski definition) is 12. The normalized spacial score (nSPS) is 16.5. The number of fused-ring (bicyclic) bond motifs is 3. The first kappa shape index (κ1) is 35.0. The fourth-order valence-electron chi connectivity index (χ4n) is 5.61. The Balaban J connectivity index is 0.000000257. The van der Waals surface area contributed by atoms with E-state index in [9.17, 15) is 23.6 Å². The van der Waals surface area contributed by atoms with Crippen molar-refractivity contribution in [2.45, 2.75) is 41.5 Å². The molecule has 3 aliphatic heterocycles. The van der Waals surface area contributed by atoms with Gasteiger partial charge in [0.25, 0.3) is 5.91 Å². The fourth-order valence-corrected chi connectivity index (χ4v) is 7.12. The number of aromatic nitrogens is 4. The first-order valence-electron chi connectivity index (χ1n) is 15.6. The van der Waals surface area contributed by atoms with E-state index in [1.165, 1.54) is 42.9 Å². The number of nitrogens with zero attached hydrogens (tertiary/aromatic N) is 5. The van der Waals surface area contributed by atoms with E-state index in [0.29, 0.717) is 58.6 Å². The second kappa shape index (κ2) is 14.9. The smallest absolute Gasteiger partial charge is 0.354 e. The third-order valence-electron chi connectivity index (χ3n) is 8.40. The minimum absolute atomic E-state index is 0.0634. The number of anilines is 2. The number of carbonyl (C=O) groups excluding carboxylic acids is 3. The lowest BCUT2D eigenvalue weighted by atomic mass is 9.89. The van der Waals surface area contributed by atoms with Gasteiger partial charge < -0.3 is 30.7 Å². The monoisotopic (exact) mass is 720 g/mol. The van der Waals surface area contributed by atoms with E-state index >= 15 is 0 Å². The first-order chi connectivity index (χ1) is 24.0. The second-order valence-corrected chi connectivity index (χ2v) is 14.0. The van der Waals surface area contributed by atoms with Crippen molar-refractivity contribution in [3.05, 3.63) is 65.4 Å². The van der Waals surface area contributed by atoms with E-state index in [1.807, 2.05) is 13.0 Å². The molecule has 7 heterocycles. The van der Waals surface area contributed by atoms with Crippen molar-refractivity contribution >= 4 is 69.9 Å². The lowest BCUT2D eigenvalue weighted by molar-refractivity contribution is -0.114. The number of piperidine rings is 1. The van der Waals surface area contributed by atoms with Crippen molar-refractivity contribution in [3.63, 3.8) is 0 Å². The molecule has 14 nitrogen and oxygen atoms in total. The summed E-state index contributed by atoms with van der Waals surface area (Å²) in [5.74, 6) is -0.104. The number of likely N-dealkylation sites (tertiary alicyclic amines) is 1. The molecule has 3 aliphatic rings. The molecule has 260 valence electrons. The van der Waals surface area contributed by atoms with Gasteiger partial charge in [-0.15, -0.1) is 23.5 Å². The summed E-state index contributed by atoms with van der Waals surface area (Å²) >= 11 is 2.76. The maximum Gasteiger partial charge on any atom is 0.354 e. The minimum Gasteiger partial charge on any atom is -0.481 e. The SMILES string of the molecule is COc1ccc2ncc(F)c(CCN3CCC(C)(NC(=O)c4ccc5c(n4)NC(=O)CS5)CC3)c2n1.O=C1CSc2ccc(C(=O)O)nc2N1. The van der Waals surface area contributed by atoms with Gasteiger partial charge in [-0.05, 0) is 56.5 Å². The third kappa shape index (κ3) is 8.11. The summed E-state index contributed by atoms with van der Waals surface area (Å²) < 4.78 is 19.8. The van der Waals surface area contributed by atoms with Gasteiger partial charge in [-0.3, -0.25) is 19.4 Å². The Labute approximate surface area is 294 Å². The molecule has 0 aliphatic carbocycles. The molecule has 1 saturated heterocycles. The van der Waals surface area contributed by atoms with Gasteiger partial charge in [0.15, 0.2) is 5.69 Å².